The van der Waals surface area contributed by atoms with Gasteiger partial charge in [-0.25, -0.2) is 0 Å². The Morgan fingerprint density at radius 1 is 1.31 bits per heavy atom. The molecule has 2 nitrogen and oxygen atoms in total. The van der Waals surface area contributed by atoms with E-state index in [1.165, 1.54) is 12.1 Å². The smallest absolute Gasteiger partial charge is 0.404 e. The highest BCUT2D eigenvalue weighted by atomic mass is 19.4. The summed E-state index contributed by atoms with van der Waals surface area (Å²) in [7, 11) is 0. The van der Waals surface area contributed by atoms with Crippen molar-refractivity contribution in [3.8, 4) is 5.75 Å². The van der Waals surface area contributed by atoms with Crippen molar-refractivity contribution in [1.29, 1.82) is 0 Å². The molecule has 0 aliphatic heterocycles. The molecule has 0 aliphatic rings. The van der Waals surface area contributed by atoms with Crippen LogP contribution in [-0.4, -0.2) is 6.36 Å². The molecule has 2 N–H and O–H groups in total. The third-order valence-corrected chi connectivity index (χ3v) is 1.39. The fraction of sp³-hybridized carbons (Fsp3) is 0.250. The van der Waals surface area contributed by atoms with Crippen LogP contribution in [0.25, 0.3) is 0 Å². The average molecular weight is 191 g/mol. The second kappa shape index (κ2) is 3.16. The Kier molecular flexibility index (Phi) is 2.36. The maximum Gasteiger partial charge on any atom is 0.573 e. The number of rotatable bonds is 1. The maximum absolute atomic E-state index is 11.8. The SMILES string of the molecule is Cc1ccc(N)c(OC(F)(F)F)c1. The Morgan fingerprint density at radius 3 is 2.46 bits per heavy atom. The minimum atomic E-state index is -4.69. The summed E-state index contributed by atoms with van der Waals surface area (Å²) in [5.41, 5.74) is 5.91. The topological polar surface area (TPSA) is 35.2 Å². The molecule has 0 bridgehead atoms. The molecule has 0 atom stereocenters. The lowest BCUT2D eigenvalue weighted by Crippen LogP contribution is -2.18. The second-order valence-electron chi connectivity index (χ2n) is 2.59. The van der Waals surface area contributed by atoms with Gasteiger partial charge < -0.3 is 10.5 Å². The number of ether oxygens (including phenoxy) is 1. The van der Waals surface area contributed by atoms with Crippen LogP contribution in [0.1, 0.15) is 5.56 Å². The molecular formula is C8H8F3NO. The largest absolute Gasteiger partial charge is 0.573 e. The molecule has 0 aliphatic carbocycles. The van der Waals surface area contributed by atoms with Crippen molar-refractivity contribution in [2.75, 3.05) is 5.73 Å². The molecule has 1 rings (SSSR count). The third-order valence-electron chi connectivity index (χ3n) is 1.39. The molecule has 72 valence electrons. The quantitative estimate of drug-likeness (QED) is 0.692. The van der Waals surface area contributed by atoms with E-state index >= 15 is 0 Å². The van der Waals surface area contributed by atoms with Crippen molar-refractivity contribution < 1.29 is 17.9 Å². The summed E-state index contributed by atoms with van der Waals surface area (Å²) < 4.78 is 39.0. The zero-order valence-corrected chi connectivity index (χ0v) is 6.85. The molecule has 0 radical (unpaired) electrons. The van der Waals surface area contributed by atoms with Crippen LogP contribution in [0.2, 0.25) is 0 Å². The lowest BCUT2D eigenvalue weighted by atomic mass is 10.2. The monoisotopic (exact) mass is 191 g/mol. The number of halogens is 3. The first-order chi connectivity index (χ1) is 5.88. The Bertz CT molecular complexity index is 309. The standard InChI is InChI=1S/C8H8F3NO/c1-5-2-3-6(12)7(4-5)13-8(9,10)11/h2-4H,12H2,1H3. The fourth-order valence-electron chi connectivity index (χ4n) is 0.855. The highest BCUT2D eigenvalue weighted by Gasteiger charge is 2.31. The minimum Gasteiger partial charge on any atom is -0.404 e. The van der Waals surface area contributed by atoms with Gasteiger partial charge in [-0.1, -0.05) is 6.07 Å². The molecule has 0 saturated carbocycles. The van der Waals surface area contributed by atoms with Crippen LogP contribution in [0.5, 0.6) is 5.75 Å². The summed E-state index contributed by atoms with van der Waals surface area (Å²) in [4.78, 5) is 0. The van der Waals surface area contributed by atoms with E-state index in [9.17, 15) is 13.2 Å². The number of alkyl halides is 3. The van der Waals surface area contributed by atoms with E-state index in [0.29, 0.717) is 5.56 Å². The maximum atomic E-state index is 11.8. The molecule has 0 amide bonds. The normalized spacial score (nSPS) is 11.4. The molecule has 13 heavy (non-hydrogen) atoms. The van der Waals surface area contributed by atoms with E-state index in [1.807, 2.05) is 0 Å². The van der Waals surface area contributed by atoms with E-state index in [1.54, 1.807) is 13.0 Å². The summed E-state index contributed by atoms with van der Waals surface area (Å²) in [5, 5.41) is 0. The van der Waals surface area contributed by atoms with Crippen LogP contribution >= 0.6 is 0 Å². The van der Waals surface area contributed by atoms with Crippen molar-refractivity contribution in [3.63, 3.8) is 0 Å². The molecule has 0 heterocycles. The van der Waals surface area contributed by atoms with E-state index in [0.717, 1.165) is 0 Å². The van der Waals surface area contributed by atoms with Gasteiger partial charge >= 0.3 is 6.36 Å². The molecule has 1 aromatic rings. The first kappa shape index (κ1) is 9.70. The fourth-order valence-corrected chi connectivity index (χ4v) is 0.855. The van der Waals surface area contributed by atoms with Crippen LogP contribution in [0, 0.1) is 6.92 Å². The zero-order chi connectivity index (χ0) is 10.1. The predicted octanol–water partition coefficient (Wildman–Crippen LogP) is 2.48. The van der Waals surface area contributed by atoms with Gasteiger partial charge in [0.25, 0.3) is 0 Å². The predicted molar refractivity (Wildman–Crippen MR) is 42.3 cm³/mol. The molecule has 0 saturated heterocycles. The van der Waals surface area contributed by atoms with Gasteiger partial charge in [0.05, 0.1) is 5.69 Å². The molecular weight excluding hydrogens is 183 g/mol. The molecule has 0 aromatic heterocycles. The van der Waals surface area contributed by atoms with Gasteiger partial charge in [-0.05, 0) is 24.6 Å². The third kappa shape index (κ3) is 2.85. The number of nitrogens with two attached hydrogens (primary N) is 1. The Balaban J connectivity index is 2.94. The van der Waals surface area contributed by atoms with Crippen LogP contribution in [0.15, 0.2) is 18.2 Å². The van der Waals surface area contributed by atoms with Crippen molar-refractivity contribution in [2.45, 2.75) is 13.3 Å². The van der Waals surface area contributed by atoms with Gasteiger partial charge in [-0.3, -0.25) is 0 Å². The number of hydrogen-bond donors (Lipinski definition) is 1. The van der Waals surface area contributed by atoms with Gasteiger partial charge in [0.15, 0.2) is 5.75 Å². The molecule has 0 fully saturated rings. The Labute approximate surface area is 73.1 Å². The highest BCUT2D eigenvalue weighted by Crippen LogP contribution is 2.28. The zero-order valence-electron chi connectivity index (χ0n) is 6.85. The van der Waals surface area contributed by atoms with Gasteiger partial charge in [-0.2, -0.15) is 0 Å². The van der Waals surface area contributed by atoms with Crippen LogP contribution < -0.4 is 10.5 Å². The van der Waals surface area contributed by atoms with E-state index < -0.39 is 6.36 Å². The Hall–Kier alpha value is -1.39. The van der Waals surface area contributed by atoms with Gasteiger partial charge in [0.2, 0.25) is 0 Å². The second-order valence-corrected chi connectivity index (χ2v) is 2.59. The Morgan fingerprint density at radius 2 is 1.92 bits per heavy atom. The first-order valence-corrected chi connectivity index (χ1v) is 3.50. The number of nitrogen functional groups attached to an aromatic ring is 1. The molecule has 5 heteroatoms. The van der Waals surface area contributed by atoms with E-state index in [-0.39, 0.29) is 11.4 Å². The van der Waals surface area contributed by atoms with Crippen molar-refractivity contribution in [2.24, 2.45) is 0 Å². The molecule has 0 unspecified atom stereocenters. The highest BCUT2D eigenvalue weighted by molar-refractivity contribution is 5.53. The first-order valence-electron chi connectivity index (χ1n) is 3.50. The van der Waals surface area contributed by atoms with Crippen LogP contribution in [-0.2, 0) is 0 Å². The van der Waals surface area contributed by atoms with Gasteiger partial charge in [0.1, 0.15) is 0 Å². The number of benzene rings is 1. The van der Waals surface area contributed by atoms with E-state index in [4.69, 9.17) is 5.73 Å². The lowest BCUT2D eigenvalue weighted by Gasteiger charge is -2.11. The number of hydrogen-bond acceptors (Lipinski definition) is 2. The molecule has 0 spiro atoms. The summed E-state index contributed by atoms with van der Waals surface area (Å²) in [6.07, 6.45) is -4.69. The van der Waals surface area contributed by atoms with Crippen LogP contribution in [0.4, 0.5) is 18.9 Å². The molecule has 1 aromatic carbocycles. The van der Waals surface area contributed by atoms with Gasteiger partial charge in [-0.15, -0.1) is 13.2 Å². The van der Waals surface area contributed by atoms with Gasteiger partial charge in [0, 0.05) is 0 Å². The number of aryl methyl sites for hydroxylation is 1. The number of anilines is 1. The lowest BCUT2D eigenvalue weighted by molar-refractivity contribution is -0.274. The average Bonchev–Trinajstić information content (AvgIpc) is 1.94. The van der Waals surface area contributed by atoms with Crippen molar-refractivity contribution in [1.82, 2.24) is 0 Å². The summed E-state index contributed by atoms with van der Waals surface area (Å²) in [6.45, 7) is 1.66. The summed E-state index contributed by atoms with van der Waals surface area (Å²) in [6, 6.07) is 4.22. The van der Waals surface area contributed by atoms with E-state index in [2.05, 4.69) is 4.74 Å². The minimum absolute atomic E-state index is 0.0251. The van der Waals surface area contributed by atoms with Crippen LogP contribution in [0.3, 0.4) is 0 Å². The van der Waals surface area contributed by atoms with Crippen molar-refractivity contribution in [3.05, 3.63) is 23.8 Å². The van der Waals surface area contributed by atoms with Crippen molar-refractivity contribution >= 4 is 5.69 Å². The summed E-state index contributed by atoms with van der Waals surface area (Å²) >= 11 is 0. The summed E-state index contributed by atoms with van der Waals surface area (Å²) in [5.74, 6) is -0.354.